The van der Waals surface area contributed by atoms with Crippen LogP contribution in [0.15, 0.2) is 29.7 Å². The molecule has 1 fully saturated rings. The topological polar surface area (TPSA) is 101 Å². The highest BCUT2D eigenvalue weighted by atomic mass is 32.1. The summed E-state index contributed by atoms with van der Waals surface area (Å²) in [4.78, 5) is 47.8. The van der Waals surface area contributed by atoms with Crippen molar-refractivity contribution in [3.8, 4) is 0 Å². The first-order valence-corrected chi connectivity index (χ1v) is 14.6. The number of fused-ring (bicyclic) bond motifs is 5. The largest absolute Gasteiger partial charge is 0.467 e. The molecule has 10 heteroatoms. The van der Waals surface area contributed by atoms with Crippen molar-refractivity contribution < 1.29 is 23.9 Å². The van der Waals surface area contributed by atoms with Crippen LogP contribution in [0.2, 0.25) is 0 Å². The number of ether oxygens (including phenoxy) is 2. The Hall–Kier alpha value is -3.40. The zero-order valence-electron chi connectivity index (χ0n) is 22.7. The average Bonchev–Trinajstić information content (AvgIpc) is 3.68. The van der Waals surface area contributed by atoms with Gasteiger partial charge in [0, 0.05) is 18.3 Å². The molecule has 3 aliphatic heterocycles. The molecule has 4 heterocycles. The van der Waals surface area contributed by atoms with E-state index >= 15 is 0 Å². The number of thiazole rings is 1. The molecule has 39 heavy (non-hydrogen) atoms. The lowest BCUT2D eigenvalue weighted by molar-refractivity contribution is -0.151. The molecular formula is C29H36N4O5S. The van der Waals surface area contributed by atoms with Crippen LogP contribution in [0.25, 0.3) is 6.08 Å². The lowest BCUT2D eigenvalue weighted by Crippen LogP contribution is -2.50. The van der Waals surface area contributed by atoms with Gasteiger partial charge in [-0.05, 0) is 41.9 Å². The Labute approximate surface area is 233 Å². The molecule has 9 nitrogen and oxygen atoms in total. The standard InChI is InChI=1S/C29H36N4O5S/c1-4-18(2)25-26(34)33-15-22(13-24(33)27(35)37-3)38-29(36)32-14-20-11-8-10-19(23(20)16-32)9-6-5-7-12-21-17-39-28(30-21)31-25/h6,8-11,17-18,22,24-25H,4-5,7,12-16H2,1-3H3,(H,30,31)/b9-6+/t18-,22+,24-,25-/m0/s1. The fraction of sp³-hybridized carbons (Fsp3) is 0.517. The predicted molar refractivity (Wildman–Crippen MR) is 149 cm³/mol. The average molecular weight is 553 g/mol. The molecule has 0 spiro atoms. The number of aromatic nitrogens is 1. The fourth-order valence-electron chi connectivity index (χ4n) is 5.53. The van der Waals surface area contributed by atoms with Gasteiger partial charge in [-0.25, -0.2) is 14.6 Å². The molecule has 0 radical (unpaired) electrons. The first-order chi connectivity index (χ1) is 18.9. The van der Waals surface area contributed by atoms with E-state index in [0.29, 0.717) is 18.2 Å². The molecule has 208 valence electrons. The molecule has 3 aliphatic rings. The summed E-state index contributed by atoms with van der Waals surface area (Å²) in [6, 6.07) is 4.74. The van der Waals surface area contributed by atoms with Crippen LogP contribution in [0, 0.1) is 5.92 Å². The van der Waals surface area contributed by atoms with Crippen molar-refractivity contribution in [2.75, 3.05) is 19.0 Å². The molecule has 0 unspecified atom stereocenters. The van der Waals surface area contributed by atoms with E-state index in [4.69, 9.17) is 14.5 Å². The van der Waals surface area contributed by atoms with Crippen molar-refractivity contribution in [3.05, 3.63) is 52.0 Å². The van der Waals surface area contributed by atoms with E-state index in [1.807, 2.05) is 31.4 Å². The molecule has 5 rings (SSSR count). The second-order valence-corrected chi connectivity index (χ2v) is 11.4. The summed E-state index contributed by atoms with van der Waals surface area (Å²) in [5.74, 6) is -0.734. The Kier molecular flexibility index (Phi) is 8.20. The molecule has 1 aromatic heterocycles. The molecule has 0 saturated carbocycles. The van der Waals surface area contributed by atoms with Crippen LogP contribution in [-0.4, -0.2) is 64.6 Å². The van der Waals surface area contributed by atoms with E-state index in [1.165, 1.54) is 23.3 Å². The van der Waals surface area contributed by atoms with E-state index in [9.17, 15) is 14.4 Å². The summed E-state index contributed by atoms with van der Waals surface area (Å²) in [5, 5.41) is 6.08. The van der Waals surface area contributed by atoms with Crippen molar-refractivity contribution in [1.82, 2.24) is 14.8 Å². The number of amides is 2. The van der Waals surface area contributed by atoms with E-state index in [0.717, 1.165) is 48.1 Å². The van der Waals surface area contributed by atoms with Crippen molar-refractivity contribution in [2.24, 2.45) is 5.92 Å². The Morgan fingerprint density at radius 1 is 1.31 bits per heavy atom. The normalized spacial score (nSPS) is 25.1. The molecular weight excluding hydrogens is 516 g/mol. The third-order valence-electron chi connectivity index (χ3n) is 7.98. The van der Waals surface area contributed by atoms with E-state index < -0.39 is 30.3 Å². The van der Waals surface area contributed by atoms with Gasteiger partial charge in [-0.1, -0.05) is 50.6 Å². The van der Waals surface area contributed by atoms with E-state index in [-0.39, 0.29) is 24.8 Å². The number of hydrogen-bond acceptors (Lipinski definition) is 8. The summed E-state index contributed by atoms with van der Waals surface area (Å²) in [6.07, 6.45) is 6.94. The first kappa shape index (κ1) is 27.2. The van der Waals surface area contributed by atoms with Gasteiger partial charge in [0.25, 0.3) is 0 Å². The minimum absolute atomic E-state index is 0.00922. The van der Waals surface area contributed by atoms with Gasteiger partial charge in [-0.15, -0.1) is 11.3 Å². The van der Waals surface area contributed by atoms with Gasteiger partial charge in [0.15, 0.2) is 5.13 Å². The van der Waals surface area contributed by atoms with Gasteiger partial charge < -0.3 is 19.7 Å². The summed E-state index contributed by atoms with van der Waals surface area (Å²) in [6.45, 7) is 5.11. The van der Waals surface area contributed by atoms with Crippen LogP contribution >= 0.6 is 11.3 Å². The minimum atomic E-state index is -0.817. The van der Waals surface area contributed by atoms with Gasteiger partial charge in [-0.3, -0.25) is 9.69 Å². The SMILES string of the molecule is CC[C@H](C)[C@@H]1Nc2nc(cs2)CCC/C=C/c2cccc3c2CN(C3)C(=O)O[C@@H]2C[C@@H](C(=O)OC)N(C2)C1=O. The van der Waals surface area contributed by atoms with Crippen LogP contribution in [0.5, 0.6) is 0 Å². The first-order valence-electron chi connectivity index (χ1n) is 13.7. The molecule has 2 amide bonds. The number of aryl methyl sites for hydroxylation is 1. The number of benzene rings is 1. The van der Waals surface area contributed by atoms with Gasteiger partial charge >= 0.3 is 12.1 Å². The molecule has 1 aromatic carbocycles. The number of allylic oxidation sites excluding steroid dienone is 1. The number of carbonyl (C=O) groups is 3. The van der Waals surface area contributed by atoms with Crippen molar-refractivity contribution in [1.29, 1.82) is 0 Å². The molecule has 4 atom stereocenters. The van der Waals surface area contributed by atoms with Crippen LogP contribution in [0.3, 0.4) is 0 Å². The lowest BCUT2D eigenvalue weighted by Gasteiger charge is -2.30. The summed E-state index contributed by atoms with van der Waals surface area (Å²) in [5.41, 5.74) is 4.34. The number of esters is 1. The predicted octanol–water partition coefficient (Wildman–Crippen LogP) is 4.61. The smallest absolute Gasteiger partial charge is 0.410 e. The second-order valence-electron chi connectivity index (χ2n) is 10.6. The number of nitrogens with one attached hydrogen (secondary N) is 1. The fourth-order valence-corrected chi connectivity index (χ4v) is 6.31. The van der Waals surface area contributed by atoms with Gasteiger partial charge in [0.1, 0.15) is 18.2 Å². The number of rotatable bonds is 3. The Morgan fingerprint density at radius 3 is 2.95 bits per heavy atom. The van der Waals surface area contributed by atoms with Crippen LogP contribution < -0.4 is 5.32 Å². The number of hydrogen-bond donors (Lipinski definition) is 1. The maximum atomic E-state index is 13.9. The highest BCUT2D eigenvalue weighted by molar-refractivity contribution is 7.13. The lowest BCUT2D eigenvalue weighted by atomic mass is 9.97. The van der Waals surface area contributed by atoms with Crippen molar-refractivity contribution in [2.45, 2.75) is 77.2 Å². The zero-order chi connectivity index (χ0) is 27.5. The van der Waals surface area contributed by atoms with E-state index in [2.05, 4.69) is 23.5 Å². The monoisotopic (exact) mass is 552 g/mol. The molecule has 6 bridgehead atoms. The summed E-state index contributed by atoms with van der Waals surface area (Å²) >= 11 is 1.49. The highest BCUT2D eigenvalue weighted by Crippen LogP contribution is 2.31. The quantitative estimate of drug-likeness (QED) is 0.555. The Balaban J connectivity index is 1.45. The number of anilines is 1. The van der Waals surface area contributed by atoms with Crippen LogP contribution in [-0.2, 0) is 38.6 Å². The summed E-state index contributed by atoms with van der Waals surface area (Å²) in [7, 11) is 1.31. The van der Waals surface area contributed by atoms with Gasteiger partial charge in [-0.2, -0.15) is 0 Å². The second kappa shape index (κ2) is 11.8. The molecule has 0 aliphatic carbocycles. The third-order valence-corrected chi connectivity index (χ3v) is 8.80. The maximum Gasteiger partial charge on any atom is 0.410 e. The summed E-state index contributed by atoms with van der Waals surface area (Å²) < 4.78 is 10.9. The minimum Gasteiger partial charge on any atom is -0.467 e. The molecule has 1 N–H and O–H groups in total. The Bertz CT molecular complexity index is 1260. The van der Waals surface area contributed by atoms with Gasteiger partial charge in [0.05, 0.1) is 25.9 Å². The van der Waals surface area contributed by atoms with Crippen molar-refractivity contribution >= 4 is 40.5 Å². The van der Waals surface area contributed by atoms with Crippen LogP contribution in [0.1, 0.15) is 61.9 Å². The number of carbonyl (C=O) groups excluding carboxylic acids is 3. The maximum absolute atomic E-state index is 13.9. The third kappa shape index (κ3) is 5.80. The number of nitrogens with zero attached hydrogens (tertiary/aromatic N) is 3. The van der Waals surface area contributed by atoms with E-state index in [1.54, 1.807) is 4.90 Å². The number of methoxy groups -OCH3 is 1. The zero-order valence-corrected chi connectivity index (χ0v) is 23.5. The van der Waals surface area contributed by atoms with Gasteiger partial charge in [0.2, 0.25) is 5.91 Å². The Morgan fingerprint density at radius 2 is 2.15 bits per heavy atom. The molecule has 1 saturated heterocycles. The molecule has 2 aromatic rings. The highest BCUT2D eigenvalue weighted by Gasteiger charge is 2.45. The van der Waals surface area contributed by atoms with Crippen molar-refractivity contribution in [3.63, 3.8) is 0 Å². The van der Waals surface area contributed by atoms with Crippen LogP contribution in [0.4, 0.5) is 9.93 Å².